The Kier molecular flexibility index (Phi) is 15.5. The van der Waals surface area contributed by atoms with Crippen molar-refractivity contribution in [2.24, 2.45) is 62.6 Å². The van der Waals surface area contributed by atoms with Gasteiger partial charge in [0, 0.05) is 22.9 Å². The van der Waals surface area contributed by atoms with Crippen LogP contribution < -0.4 is 0 Å². The molecule has 0 spiro atoms. The van der Waals surface area contributed by atoms with Crippen LogP contribution in [0.3, 0.4) is 0 Å². The molecule has 3 aliphatic heterocycles. The molecule has 312 valence electrons. The van der Waals surface area contributed by atoms with E-state index >= 15 is 0 Å². The monoisotopic (exact) mass is 751 g/mol. The summed E-state index contributed by atoms with van der Waals surface area (Å²) in [6.45, 7) is 41.5. The van der Waals surface area contributed by atoms with Crippen molar-refractivity contribution in [1.82, 2.24) is 0 Å². The number of hydrogen-bond donors (Lipinski definition) is 0. The molecule has 1 saturated carbocycles. The summed E-state index contributed by atoms with van der Waals surface area (Å²) in [6.07, 6.45) is 6.81. The van der Waals surface area contributed by atoms with E-state index in [1.165, 1.54) is 12.8 Å². The van der Waals surface area contributed by atoms with Gasteiger partial charge in [-0.05, 0) is 73.0 Å². The average molecular weight is 751 g/mol. The summed E-state index contributed by atoms with van der Waals surface area (Å²) < 4.78 is 46.0. The van der Waals surface area contributed by atoms with E-state index in [1.54, 1.807) is 0 Å². The minimum atomic E-state index is -0.479. The van der Waals surface area contributed by atoms with Gasteiger partial charge in [-0.3, -0.25) is 0 Å². The van der Waals surface area contributed by atoms with E-state index in [-0.39, 0.29) is 58.3 Å². The molecule has 7 nitrogen and oxygen atoms in total. The van der Waals surface area contributed by atoms with Gasteiger partial charge in [-0.2, -0.15) is 0 Å². The molecular weight excluding hydrogens is 664 g/mol. The molecule has 4 rings (SSSR count). The van der Waals surface area contributed by atoms with E-state index < -0.39 is 5.41 Å². The molecular formula is C46H86O7. The maximum Gasteiger partial charge on any atom is 0.0888 e. The number of rotatable bonds is 24. The van der Waals surface area contributed by atoms with Gasteiger partial charge in [-0.15, -0.1) is 0 Å². The highest BCUT2D eigenvalue weighted by atomic mass is 16.6. The van der Waals surface area contributed by atoms with Gasteiger partial charge in [0.25, 0.3) is 0 Å². The minimum absolute atomic E-state index is 0.0736. The summed E-state index contributed by atoms with van der Waals surface area (Å²) in [6, 6.07) is 0. The van der Waals surface area contributed by atoms with Gasteiger partial charge in [0.2, 0.25) is 0 Å². The normalized spacial score (nSPS) is 33.7. The van der Waals surface area contributed by atoms with Crippen LogP contribution in [-0.4, -0.2) is 89.5 Å². The predicted octanol–water partition coefficient (Wildman–Crippen LogP) is 10.3. The molecule has 53 heavy (non-hydrogen) atoms. The van der Waals surface area contributed by atoms with Crippen LogP contribution in [0.15, 0.2) is 0 Å². The van der Waals surface area contributed by atoms with E-state index in [0.717, 1.165) is 37.7 Å². The van der Waals surface area contributed by atoms with Gasteiger partial charge in [0.05, 0.1) is 88.3 Å². The zero-order valence-corrected chi connectivity index (χ0v) is 37.5. The molecule has 3 heterocycles. The molecule has 4 fully saturated rings. The molecule has 0 N–H and O–H groups in total. The van der Waals surface area contributed by atoms with Crippen LogP contribution in [0.5, 0.6) is 0 Å². The first-order valence-corrected chi connectivity index (χ1v) is 21.8. The van der Waals surface area contributed by atoms with E-state index in [0.29, 0.717) is 69.9 Å². The Bertz CT molecular complexity index is 936. The van der Waals surface area contributed by atoms with E-state index in [4.69, 9.17) is 33.2 Å². The van der Waals surface area contributed by atoms with Crippen LogP contribution in [0.1, 0.15) is 143 Å². The third-order valence-corrected chi connectivity index (χ3v) is 14.2. The molecule has 0 aromatic carbocycles. The van der Waals surface area contributed by atoms with Gasteiger partial charge < -0.3 is 33.2 Å². The standard InChI is InChI=1S/C46H86O7/c1-30(2)17-34-21-35(42(34,9)10)22-47-26-46(27-48-23-39-43(11,12)36(51-39)18-31(3)4,28-49-24-40-44(13,14)37(52-40)19-32(5)6)29-50-25-41-45(15,16)38(53-41)20-33(7)8/h30-41H,17-29H2,1-16H3. The molecule has 0 radical (unpaired) electrons. The van der Waals surface area contributed by atoms with Crippen molar-refractivity contribution in [2.75, 3.05) is 52.9 Å². The zero-order chi connectivity index (χ0) is 39.6. The third-order valence-electron chi connectivity index (χ3n) is 14.2. The van der Waals surface area contributed by atoms with Gasteiger partial charge in [-0.1, -0.05) is 111 Å². The van der Waals surface area contributed by atoms with Gasteiger partial charge >= 0.3 is 0 Å². The maximum atomic E-state index is 6.76. The highest BCUT2D eigenvalue weighted by Crippen LogP contribution is 2.54. The fourth-order valence-corrected chi connectivity index (χ4v) is 9.37. The minimum Gasteiger partial charge on any atom is -0.380 e. The topological polar surface area (TPSA) is 64.6 Å². The van der Waals surface area contributed by atoms with Gasteiger partial charge in [0.15, 0.2) is 0 Å². The molecule has 3 saturated heterocycles. The van der Waals surface area contributed by atoms with Crippen LogP contribution in [0.2, 0.25) is 0 Å². The summed E-state index contributed by atoms with van der Waals surface area (Å²) in [5, 5.41) is 0. The Morgan fingerprint density at radius 2 is 0.717 bits per heavy atom. The van der Waals surface area contributed by atoms with Crippen LogP contribution >= 0.6 is 0 Å². The lowest BCUT2D eigenvalue weighted by atomic mass is 9.53. The summed E-state index contributed by atoms with van der Waals surface area (Å²) in [5.41, 5.74) is 0.0522. The molecule has 4 aliphatic rings. The van der Waals surface area contributed by atoms with Crippen molar-refractivity contribution in [1.29, 1.82) is 0 Å². The first-order valence-electron chi connectivity index (χ1n) is 21.8. The Labute approximate surface area is 327 Å². The number of hydrogen-bond acceptors (Lipinski definition) is 7. The molecule has 0 amide bonds. The number of ether oxygens (including phenoxy) is 7. The quantitative estimate of drug-likeness (QED) is 0.0973. The Morgan fingerprint density at radius 1 is 0.415 bits per heavy atom. The molecule has 7 heteroatoms. The lowest BCUT2D eigenvalue weighted by Crippen LogP contribution is -2.59. The van der Waals surface area contributed by atoms with Crippen molar-refractivity contribution in [3.05, 3.63) is 0 Å². The second-order valence-electron chi connectivity index (χ2n) is 22.3. The van der Waals surface area contributed by atoms with Crippen molar-refractivity contribution < 1.29 is 33.2 Å². The van der Waals surface area contributed by atoms with Crippen LogP contribution in [0, 0.1) is 62.6 Å². The summed E-state index contributed by atoms with van der Waals surface area (Å²) >= 11 is 0. The highest BCUT2D eigenvalue weighted by Gasteiger charge is 2.53. The molecule has 0 aromatic rings. The Balaban J connectivity index is 1.45. The van der Waals surface area contributed by atoms with Crippen LogP contribution in [-0.2, 0) is 33.2 Å². The molecule has 0 bridgehead atoms. The average Bonchev–Trinajstić information content (AvgIpc) is 3.04. The Morgan fingerprint density at radius 3 is 0.981 bits per heavy atom. The Hall–Kier alpha value is -0.280. The molecule has 0 aromatic heterocycles. The highest BCUT2D eigenvalue weighted by molar-refractivity contribution is 5.00. The maximum absolute atomic E-state index is 6.76. The molecule has 1 aliphatic carbocycles. The van der Waals surface area contributed by atoms with Crippen molar-refractivity contribution >= 4 is 0 Å². The fraction of sp³-hybridized carbons (Fsp3) is 1.00. The van der Waals surface area contributed by atoms with Crippen LogP contribution in [0.4, 0.5) is 0 Å². The first-order chi connectivity index (χ1) is 24.5. The summed E-state index contributed by atoms with van der Waals surface area (Å²) in [4.78, 5) is 0. The largest absolute Gasteiger partial charge is 0.380 e. The first kappa shape index (κ1) is 45.4. The lowest BCUT2D eigenvalue weighted by molar-refractivity contribution is -0.270. The lowest BCUT2D eigenvalue weighted by Gasteiger charge is -2.54. The van der Waals surface area contributed by atoms with Gasteiger partial charge in [-0.25, -0.2) is 0 Å². The summed E-state index contributed by atoms with van der Waals surface area (Å²) in [5.74, 6) is 3.86. The second-order valence-corrected chi connectivity index (χ2v) is 22.3. The molecule has 8 atom stereocenters. The zero-order valence-electron chi connectivity index (χ0n) is 37.5. The van der Waals surface area contributed by atoms with Crippen LogP contribution in [0.25, 0.3) is 0 Å². The van der Waals surface area contributed by atoms with E-state index in [2.05, 4.69) is 111 Å². The third kappa shape index (κ3) is 11.0. The smallest absolute Gasteiger partial charge is 0.0888 e. The van der Waals surface area contributed by atoms with Crippen molar-refractivity contribution in [3.8, 4) is 0 Å². The van der Waals surface area contributed by atoms with E-state index in [9.17, 15) is 0 Å². The fourth-order valence-electron chi connectivity index (χ4n) is 9.37. The summed E-state index contributed by atoms with van der Waals surface area (Å²) in [7, 11) is 0. The van der Waals surface area contributed by atoms with Crippen molar-refractivity contribution in [3.63, 3.8) is 0 Å². The SMILES string of the molecule is CC(C)CC1CC(COCC(COCC2OC(CC(C)C)C2(C)C)(COCC2OC(CC(C)C)C2(C)C)COCC2OC(CC(C)C)C2(C)C)C1(C)C. The van der Waals surface area contributed by atoms with E-state index in [1.807, 2.05) is 0 Å². The second kappa shape index (κ2) is 18.1. The predicted molar refractivity (Wildman–Crippen MR) is 216 cm³/mol. The molecule has 8 unspecified atom stereocenters. The van der Waals surface area contributed by atoms with Gasteiger partial charge in [0.1, 0.15) is 0 Å². The van der Waals surface area contributed by atoms with Crippen molar-refractivity contribution in [2.45, 2.75) is 180 Å².